The van der Waals surface area contributed by atoms with Gasteiger partial charge in [-0.05, 0) is 43.7 Å². The van der Waals surface area contributed by atoms with E-state index >= 15 is 0 Å². The van der Waals surface area contributed by atoms with Crippen LogP contribution in [0.1, 0.15) is 55.2 Å². The van der Waals surface area contributed by atoms with Crippen LogP contribution >= 0.6 is 23.7 Å². The number of carbonyl (C=O) groups is 1. The van der Waals surface area contributed by atoms with Crippen molar-refractivity contribution >= 4 is 45.6 Å². The number of carbonyl (C=O) groups excluding carboxylic acids is 1. The Morgan fingerprint density at radius 2 is 2.14 bits per heavy atom. The number of anilines is 1. The summed E-state index contributed by atoms with van der Waals surface area (Å²) in [6.45, 7) is 8.44. The first-order valence-corrected chi connectivity index (χ1v) is 10.2. The highest BCUT2D eigenvalue weighted by molar-refractivity contribution is 7.18. The second kappa shape index (κ2) is 8.19. The molecule has 1 atom stereocenters. The maximum atomic E-state index is 12.6. The Bertz CT molecular complexity index is 969. The van der Waals surface area contributed by atoms with Gasteiger partial charge in [0, 0.05) is 23.8 Å². The van der Waals surface area contributed by atoms with Crippen molar-refractivity contribution in [3.05, 3.63) is 41.2 Å². The minimum atomic E-state index is -0.183. The Kier molecular flexibility index (Phi) is 6.07. The van der Waals surface area contributed by atoms with Crippen LogP contribution in [0.5, 0.6) is 0 Å². The third kappa shape index (κ3) is 4.37. The number of piperidine rings is 1. The molecule has 8 heteroatoms. The summed E-state index contributed by atoms with van der Waals surface area (Å²) in [4.78, 5) is 17.3. The fourth-order valence-corrected chi connectivity index (χ4v) is 4.30. The molecule has 0 saturated carbocycles. The van der Waals surface area contributed by atoms with Crippen LogP contribution in [-0.2, 0) is 5.41 Å². The van der Waals surface area contributed by atoms with Gasteiger partial charge in [-0.15, -0.1) is 23.7 Å². The van der Waals surface area contributed by atoms with Crippen LogP contribution in [-0.4, -0.2) is 33.8 Å². The van der Waals surface area contributed by atoms with E-state index in [1.807, 2.05) is 29.1 Å². The highest BCUT2D eigenvalue weighted by Crippen LogP contribution is 2.32. The van der Waals surface area contributed by atoms with Gasteiger partial charge in [-0.1, -0.05) is 20.8 Å². The molecule has 0 bridgehead atoms. The molecule has 28 heavy (non-hydrogen) atoms. The quantitative estimate of drug-likeness (QED) is 0.660. The average molecular weight is 420 g/mol. The van der Waals surface area contributed by atoms with Crippen molar-refractivity contribution in [3.8, 4) is 0 Å². The maximum Gasteiger partial charge on any atom is 0.276 e. The van der Waals surface area contributed by atoms with Crippen LogP contribution in [0.4, 0.5) is 5.69 Å². The number of hydrogen-bond donors (Lipinski definition) is 2. The van der Waals surface area contributed by atoms with Crippen molar-refractivity contribution in [3.63, 3.8) is 0 Å². The van der Waals surface area contributed by atoms with Gasteiger partial charge in [0.2, 0.25) is 0 Å². The van der Waals surface area contributed by atoms with E-state index < -0.39 is 0 Å². The molecule has 0 radical (unpaired) electrons. The third-order valence-electron chi connectivity index (χ3n) is 4.77. The van der Waals surface area contributed by atoms with Gasteiger partial charge >= 0.3 is 0 Å². The predicted molar refractivity (Wildman–Crippen MR) is 117 cm³/mol. The van der Waals surface area contributed by atoms with E-state index in [0.717, 1.165) is 46.8 Å². The zero-order valence-corrected chi connectivity index (χ0v) is 18.0. The summed E-state index contributed by atoms with van der Waals surface area (Å²) < 4.78 is 2.99. The molecular formula is C20H26ClN5OS. The first kappa shape index (κ1) is 20.8. The van der Waals surface area contributed by atoms with Crippen LogP contribution in [0.15, 0.2) is 30.5 Å². The van der Waals surface area contributed by atoms with Crippen molar-refractivity contribution in [2.75, 3.05) is 18.4 Å². The second-order valence-electron chi connectivity index (χ2n) is 8.09. The van der Waals surface area contributed by atoms with Gasteiger partial charge < -0.3 is 10.6 Å². The topological polar surface area (TPSA) is 71.8 Å². The van der Waals surface area contributed by atoms with Crippen molar-refractivity contribution in [1.82, 2.24) is 20.1 Å². The number of thiazole rings is 1. The molecule has 6 nitrogen and oxygen atoms in total. The maximum absolute atomic E-state index is 12.6. The van der Waals surface area contributed by atoms with Crippen molar-refractivity contribution < 1.29 is 4.79 Å². The van der Waals surface area contributed by atoms with Gasteiger partial charge in [0.15, 0.2) is 5.69 Å². The lowest BCUT2D eigenvalue weighted by Gasteiger charge is -2.22. The lowest BCUT2D eigenvalue weighted by molar-refractivity contribution is 0.102. The first-order chi connectivity index (χ1) is 12.9. The molecule has 1 fully saturated rings. The smallest absolute Gasteiger partial charge is 0.276 e. The van der Waals surface area contributed by atoms with E-state index in [1.165, 1.54) is 0 Å². The Morgan fingerprint density at radius 1 is 1.32 bits per heavy atom. The number of halogens is 1. The molecule has 0 aliphatic carbocycles. The molecule has 3 aromatic rings. The molecule has 150 valence electrons. The fourth-order valence-electron chi connectivity index (χ4n) is 3.24. The Morgan fingerprint density at radius 3 is 2.86 bits per heavy atom. The standard InChI is InChI=1S/C20H25N5OS.ClH/c1-20(2,3)19-23-15-7-6-13(11-17(15)27-19)22-18(26)16-8-10-25(24-16)14-5-4-9-21-12-14;/h6-8,10-11,14,21H,4-5,9,12H2,1-3H3,(H,22,26);1H. The van der Waals surface area contributed by atoms with Gasteiger partial charge in [0.05, 0.1) is 21.3 Å². The summed E-state index contributed by atoms with van der Waals surface area (Å²) >= 11 is 1.68. The van der Waals surface area contributed by atoms with E-state index in [4.69, 9.17) is 4.98 Å². The molecule has 1 amide bonds. The average Bonchev–Trinajstić information content (AvgIpc) is 3.29. The molecule has 1 aromatic carbocycles. The first-order valence-electron chi connectivity index (χ1n) is 9.38. The largest absolute Gasteiger partial charge is 0.321 e. The Balaban J connectivity index is 0.00000225. The molecule has 0 spiro atoms. The molecule has 1 aliphatic rings. The molecular weight excluding hydrogens is 394 g/mol. The molecule has 1 saturated heterocycles. The minimum absolute atomic E-state index is 0. The van der Waals surface area contributed by atoms with E-state index in [9.17, 15) is 4.79 Å². The molecule has 2 N–H and O–H groups in total. The number of nitrogens with one attached hydrogen (secondary N) is 2. The zero-order chi connectivity index (χ0) is 19.0. The van der Waals surface area contributed by atoms with Gasteiger partial charge in [0.1, 0.15) is 0 Å². The molecule has 1 aliphatic heterocycles. The lowest BCUT2D eigenvalue weighted by atomic mass is 9.98. The van der Waals surface area contributed by atoms with Crippen LogP contribution in [0, 0.1) is 0 Å². The fraction of sp³-hybridized carbons (Fsp3) is 0.450. The number of benzene rings is 1. The van der Waals surface area contributed by atoms with Gasteiger partial charge in [-0.25, -0.2) is 4.98 Å². The molecule has 2 aromatic heterocycles. The van der Waals surface area contributed by atoms with Gasteiger partial charge in [-0.3, -0.25) is 9.48 Å². The molecule has 3 heterocycles. The minimum Gasteiger partial charge on any atom is -0.321 e. The number of aromatic nitrogens is 3. The molecule has 1 unspecified atom stereocenters. The van der Waals surface area contributed by atoms with Crippen LogP contribution < -0.4 is 10.6 Å². The normalized spacial score (nSPS) is 17.3. The van der Waals surface area contributed by atoms with Crippen molar-refractivity contribution in [2.24, 2.45) is 0 Å². The van der Waals surface area contributed by atoms with Crippen LogP contribution in [0.25, 0.3) is 10.2 Å². The van der Waals surface area contributed by atoms with Gasteiger partial charge in [0.25, 0.3) is 5.91 Å². The van der Waals surface area contributed by atoms with E-state index in [2.05, 4.69) is 36.5 Å². The van der Waals surface area contributed by atoms with Crippen LogP contribution in [0.3, 0.4) is 0 Å². The van der Waals surface area contributed by atoms with Crippen molar-refractivity contribution in [2.45, 2.75) is 45.1 Å². The Labute approximate surface area is 175 Å². The number of fused-ring (bicyclic) bond motifs is 1. The highest BCUT2D eigenvalue weighted by Gasteiger charge is 2.20. The predicted octanol–water partition coefficient (Wildman–Crippen LogP) is 4.39. The number of amides is 1. The number of hydrogen-bond acceptors (Lipinski definition) is 5. The van der Waals surface area contributed by atoms with E-state index in [-0.39, 0.29) is 23.7 Å². The lowest BCUT2D eigenvalue weighted by Crippen LogP contribution is -2.32. The monoisotopic (exact) mass is 419 g/mol. The van der Waals surface area contributed by atoms with Gasteiger partial charge in [-0.2, -0.15) is 5.10 Å². The summed E-state index contributed by atoms with van der Waals surface area (Å²) in [6, 6.07) is 7.96. The summed E-state index contributed by atoms with van der Waals surface area (Å²) in [6.07, 6.45) is 4.12. The van der Waals surface area contributed by atoms with Crippen LogP contribution in [0.2, 0.25) is 0 Å². The summed E-state index contributed by atoms with van der Waals surface area (Å²) in [7, 11) is 0. The molecule has 4 rings (SSSR count). The van der Waals surface area contributed by atoms with Crippen molar-refractivity contribution in [1.29, 1.82) is 0 Å². The second-order valence-corrected chi connectivity index (χ2v) is 9.12. The SMILES string of the molecule is CC(C)(C)c1nc2ccc(NC(=O)c3ccn(C4CCCNC4)n3)cc2s1.Cl. The highest BCUT2D eigenvalue weighted by atomic mass is 35.5. The Hall–Kier alpha value is -1.96. The number of nitrogens with zero attached hydrogens (tertiary/aromatic N) is 3. The summed E-state index contributed by atoms with van der Waals surface area (Å²) in [5.74, 6) is -0.183. The number of rotatable bonds is 3. The van der Waals surface area contributed by atoms with E-state index in [0.29, 0.717) is 11.7 Å². The zero-order valence-electron chi connectivity index (χ0n) is 16.4. The van der Waals surface area contributed by atoms with E-state index in [1.54, 1.807) is 17.4 Å². The summed E-state index contributed by atoms with van der Waals surface area (Å²) in [5.41, 5.74) is 2.20. The summed E-state index contributed by atoms with van der Waals surface area (Å²) in [5, 5.41) is 11.9. The third-order valence-corrected chi connectivity index (χ3v) is 6.22.